The SMILES string of the molecule is O=C(O)CCCCCCCCCCCCSCCCc1ccc(C(=O)O)c(C(=O)O)c1CCCSCCCCCCCCCCCCC(=O)O. The lowest BCUT2D eigenvalue weighted by Crippen LogP contribution is -2.14. The Bertz CT molecular complexity index is 1080. The first-order chi connectivity index (χ1) is 24.2. The predicted octanol–water partition coefficient (Wildman–Crippen LogP) is 11.2. The second-order valence-corrected chi connectivity index (χ2v) is 16.0. The molecule has 8 nitrogen and oxygen atoms in total. The van der Waals surface area contributed by atoms with E-state index in [1.807, 2.05) is 29.6 Å². The largest absolute Gasteiger partial charge is 0.481 e. The first kappa shape index (κ1) is 45.8. The summed E-state index contributed by atoms with van der Waals surface area (Å²) in [5, 5.41) is 37.0. The molecule has 0 amide bonds. The highest BCUT2D eigenvalue weighted by Gasteiger charge is 2.22. The van der Waals surface area contributed by atoms with Crippen LogP contribution >= 0.6 is 23.5 Å². The molecule has 50 heavy (non-hydrogen) atoms. The smallest absolute Gasteiger partial charge is 0.336 e. The van der Waals surface area contributed by atoms with Crippen molar-refractivity contribution in [2.45, 2.75) is 167 Å². The molecular formula is C40H66O8S2. The molecule has 0 fully saturated rings. The van der Waals surface area contributed by atoms with Gasteiger partial charge in [-0.2, -0.15) is 23.5 Å². The van der Waals surface area contributed by atoms with Crippen LogP contribution in [0.1, 0.15) is 186 Å². The average Bonchev–Trinajstić information content (AvgIpc) is 3.07. The van der Waals surface area contributed by atoms with Crippen LogP contribution in [0.4, 0.5) is 0 Å². The zero-order valence-electron chi connectivity index (χ0n) is 30.6. The summed E-state index contributed by atoms with van der Waals surface area (Å²) in [6, 6.07) is 3.30. The van der Waals surface area contributed by atoms with Crippen molar-refractivity contribution in [2.24, 2.45) is 0 Å². The minimum absolute atomic E-state index is 0.0360. The zero-order chi connectivity index (χ0) is 36.7. The summed E-state index contributed by atoms with van der Waals surface area (Å²) in [5.74, 6) is 0.413. The Kier molecular flexibility index (Phi) is 28.9. The van der Waals surface area contributed by atoms with Crippen LogP contribution in [0, 0.1) is 0 Å². The summed E-state index contributed by atoms with van der Waals surface area (Å²) in [6.07, 6.45) is 26.8. The molecule has 286 valence electrons. The highest BCUT2D eigenvalue weighted by Crippen LogP contribution is 2.25. The first-order valence-electron chi connectivity index (χ1n) is 19.4. The van der Waals surface area contributed by atoms with Crippen LogP contribution in [0.2, 0.25) is 0 Å². The summed E-state index contributed by atoms with van der Waals surface area (Å²) in [5.41, 5.74) is 1.52. The van der Waals surface area contributed by atoms with Crippen LogP contribution in [0.5, 0.6) is 0 Å². The van der Waals surface area contributed by atoms with Crippen LogP contribution in [-0.4, -0.2) is 67.3 Å². The number of thioether (sulfide) groups is 2. The van der Waals surface area contributed by atoms with Crippen LogP contribution < -0.4 is 0 Å². The third kappa shape index (κ3) is 24.9. The van der Waals surface area contributed by atoms with Gasteiger partial charge in [0.05, 0.1) is 11.1 Å². The quantitative estimate of drug-likeness (QED) is 0.0490. The van der Waals surface area contributed by atoms with E-state index >= 15 is 0 Å². The molecule has 0 spiro atoms. The molecule has 0 saturated carbocycles. The van der Waals surface area contributed by atoms with E-state index in [0.717, 1.165) is 86.4 Å². The van der Waals surface area contributed by atoms with Gasteiger partial charge in [-0.05, 0) is 91.6 Å². The maximum atomic E-state index is 12.2. The number of hydrogen-bond donors (Lipinski definition) is 4. The highest BCUT2D eigenvalue weighted by atomic mass is 32.2. The van der Waals surface area contributed by atoms with Crippen molar-refractivity contribution in [3.8, 4) is 0 Å². The fourth-order valence-electron chi connectivity index (χ4n) is 6.34. The van der Waals surface area contributed by atoms with Crippen molar-refractivity contribution < 1.29 is 39.6 Å². The number of aryl methyl sites for hydroxylation is 1. The summed E-state index contributed by atoms with van der Waals surface area (Å²) in [7, 11) is 0. The van der Waals surface area contributed by atoms with E-state index in [0.29, 0.717) is 12.0 Å². The highest BCUT2D eigenvalue weighted by molar-refractivity contribution is 7.99. The van der Waals surface area contributed by atoms with Crippen molar-refractivity contribution in [1.82, 2.24) is 0 Å². The molecule has 0 aliphatic rings. The van der Waals surface area contributed by atoms with Crippen molar-refractivity contribution in [2.75, 3.05) is 23.0 Å². The minimum atomic E-state index is -1.19. The number of carbonyl (C=O) groups is 4. The van der Waals surface area contributed by atoms with Crippen molar-refractivity contribution >= 4 is 47.4 Å². The maximum absolute atomic E-state index is 12.2. The van der Waals surface area contributed by atoms with E-state index in [9.17, 15) is 29.4 Å². The molecule has 10 heteroatoms. The molecule has 0 atom stereocenters. The lowest BCUT2D eigenvalue weighted by molar-refractivity contribution is -0.138. The molecule has 1 rings (SSSR count). The summed E-state index contributed by atoms with van der Waals surface area (Å²) in [4.78, 5) is 45.1. The Hall–Kier alpha value is -2.20. The van der Waals surface area contributed by atoms with Gasteiger partial charge in [0, 0.05) is 12.8 Å². The number of rotatable bonds is 36. The van der Waals surface area contributed by atoms with Crippen molar-refractivity contribution in [3.63, 3.8) is 0 Å². The van der Waals surface area contributed by atoms with Gasteiger partial charge in [-0.3, -0.25) is 9.59 Å². The average molecular weight is 739 g/mol. The van der Waals surface area contributed by atoms with Gasteiger partial charge in [0.2, 0.25) is 0 Å². The van der Waals surface area contributed by atoms with Gasteiger partial charge in [-0.25, -0.2) is 9.59 Å². The number of aromatic carboxylic acids is 2. The van der Waals surface area contributed by atoms with Crippen molar-refractivity contribution in [3.05, 3.63) is 34.4 Å². The molecule has 0 radical (unpaired) electrons. The van der Waals surface area contributed by atoms with Gasteiger partial charge >= 0.3 is 23.9 Å². The fraction of sp³-hybridized carbons (Fsp3) is 0.750. The van der Waals surface area contributed by atoms with Crippen LogP contribution in [0.25, 0.3) is 0 Å². The second kappa shape index (κ2) is 31.5. The molecule has 0 aliphatic heterocycles. The Morgan fingerprint density at radius 3 is 1.16 bits per heavy atom. The molecule has 0 heterocycles. The Labute approximate surface area is 310 Å². The number of benzene rings is 1. The summed E-state index contributed by atoms with van der Waals surface area (Å²) >= 11 is 3.85. The second-order valence-electron chi connectivity index (χ2n) is 13.5. The van der Waals surface area contributed by atoms with Gasteiger partial charge < -0.3 is 20.4 Å². The molecule has 1 aromatic carbocycles. The Morgan fingerprint density at radius 2 is 0.780 bits per heavy atom. The maximum Gasteiger partial charge on any atom is 0.336 e. The minimum Gasteiger partial charge on any atom is -0.481 e. The normalized spacial score (nSPS) is 11.2. The van der Waals surface area contributed by atoms with Gasteiger partial charge in [0.1, 0.15) is 0 Å². The van der Waals surface area contributed by atoms with E-state index in [2.05, 4.69) is 0 Å². The molecule has 0 saturated heterocycles. The van der Waals surface area contributed by atoms with E-state index in [-0.39, 0.29) is 24.0 Å². The lowest BCUT2D eigenvalue weighted by atomic mass is 9.91. The molecule has 4 N–H and O–H groups in total. The van der Waals surface area contributed by atoms with Gasteiger partial charge in [0.25, 0.3) is 0 Å². The number of carboxylic acids is 4. The third-order valence-corrected chi connectivity index (χ3v) is 11.5. The molecular weight excluding hydrogens is 673 g/mol. The fourth-order valence-corrected chi connectivity index (χ4v) is 8.26. The Balaban J connectivity index is 2.25. The van der Waals surface area contributed by atoms with Crippen LogP contribution in [-0.2, 0) is 22.4 Å². The molecule has 1 aromatic rings. The van der Waals surface area contributed by atoms with Crippen molar-refractivity contribution in [1.29, 1.82) is 0 Å². The lowest BCUT2D eigenvalue weighted by Gasteiger charge is -2.15. The van der Waals surface area contributed by atoms with Gasteiger partial charge in [0.15, 0.2) is 0 Å². The van der Waals surface area contributed by atoms with Gasteiger partial charge in [-0.1, -0.05) is 109 Å². The van der Waals surface area contributed by atoms with E-state index in [4.69, 9.17) is 10.2 Å². The number of hydrogen-bond acceptors (Lipinski definition) is 6. The molecule has 0 unspecified atom stereocenters. The first-order valence-corrected chi connectivity index (χ1v) is 21.7. The predicted molar refractivity (Wildman–Crippen MR) is 208 cm³/mol. The van der Waals surface area contributed by atoms with Crippen LogP contribution in [0.3, 0.4) is 0 Å². The van der Waals surface area contributed by atoms with Crippen LogP contribution in [0.15, 0.2) is 12.1 Å². The summed E-state index contributed by atoms with van der Waals surface area (Å²) < 4.78 is 0. The number of carboxylic acid groups (broad SMARTS) is 4. The van der Waals surface area contributed by atoms with Gasteiger partial charge in [-0.15, -0.1) is 0 Å². The molecule has 0 aromatic heterocycles. The Morgan fingerprint density at radius 1 is 0.420 bits per heavy atom. The van der Waals surface area contributed by atoms with E-state index in [1.165, 1.54) is 96.0 Å². The third-order valence-electron chi connectivity index (χ3n) is 9.16. The summed E-state index contributed by atoms with van der Waals surface area (Å²) in [6.45, 7) is 0. The molecule has 0 aliphatic carbocycles. The number of unbranched alkanes of at least 4 members (excludes halogenated alkanes) is 18. The monoisotopic (exact) mass is 738 g/mol. The zero-order valence-corrected chi connectivity index (χ0v) is 32.2. The standard InChI is InChI=1S/C40H66O8S2/c41-36(42)25-17-13-9-5-1-3-7-11-15-19-29-49-31-21-23-33-27-28-35(39(45)46)38(40(47)48)34(33)24-22-32-50-30-20-16-12-8-4-2-6-10-14-18-26-37(43)44/h27-28H,1-26,29-32H2,(H,41,42)(H,43,44)(H,45,46)(H,47,48). The topological polar surface area (TPSA) is 149 Å². The number of aliphatic carboxylic acids is 2. The van der Waals surface area contributed by atoms with E-state index < -0.39 is 23.9 Å². The van der Waals surface area contributed by atoms with E-state index in [1.54, 1.807) is 0 Å². The molecule has 0 bridgehead atoms.